The molecule has 92 heavy (non-hydrogen) atoms. The van der Waals surface area contributed by atoms with Crippen molar-refractivity contribution in [2.24, 2.45) is 0 Å². The van der Waals surface area contributed by atoms with Crippen molar-refractivity contribution in [1.82, 2.24) is 29.2 Å². The summed E-state index contributed by atoms with van der Waals surface area (Å²) in [5.74, 6) is 2.34. The van der Waals surface area contributed by atoms with E-state index in [9.17, 15) is 0 Å². The second-order valence-electron chi connectivity index (χ2n) is 19.9. The Morgan fingerprint density at radius 3 is 1.25 bits per heavy atom. The van der Waals surface area contributed by atoms with E-state index in [4.69, 9.17) is 66.5 Å². The Balaban J connectivity index is 0.000000137. The molecule has 6 heterocycles. The summed E-state index contributed by atoms with van der Waals surface area (Å²) in [6, 6.07) is 79.8. The van der Waals surface area contributed by atoms with E-state index in [0.717, 1.165) is 79.7 Å². The number of aryl methyl sites for hydroxylation is 2. The molecule has 0 radical (unpaired) electrons. The van der Waals surface area contributed by atoms with Crippen LogP contribution in [0.5, 0.6) is 17.2 Å². The van der Waals surface area contributed by atoms with Gasteiger partial charge in [0.05, 0.1) is 48.0 Å². The fourth-order valence-electron chi connectivity index (χ4n) is 9.81. The van der Waals surface area contributed by atoms with Gasteiger partial charge in [0.2, 0.25) is 0 Å². The minimum atomic E-state index is -1.41. The standard InChI is InChI=1S/2C18H15P.C17H14ClN3O2S.C11H13BO3S.C6H3ClIN3.2ClH.Pd/c2*1-4-10-16(11-5-1)19(17-12-6-2-7-13-17)18-14-8-3-9-15-18;1-9-6-10-7-12(24-17(10)16(23-3)15(9)22-2)11-8-19-14-5-4-13(18)20-21(11)14;1-6-4-8-5-9(12(13)14)16-11(8)10(15-3)7(6)2;7-4-1-2-6-9-3-5(8)11(6)10-4;;;/h2*1-15H;4-8H,1-3H3;4-5,13-14H,1-3H3;1-3H;2*1H;/q;;;;;;;+2/p-2. The van der Waals surface area contributed by atoms with Gasteiger partial charge in [-0.25, -0.2) is 19.0 Å². The fraction of sp³-hybridized carbons (Fsp3) is 0.0857. The van der Waals surface area contributed by atoms with Crippen LogP contribution in [0.25, 0.3) is 42.0 Å². The molecule has 0 spiro atoms. The molecule has 0 aliphatic heterocycles. The molecule has 0 unspecified atom stereocenters. The van der Waals surface area contributed by atoms with Crippen molar-refractivity contribution in [3.05, 3.63) is 274 Å². The molecule has 11 nitrogen and oxygen atoms in total. The molecule has 0 atom stereocenters. The number of halogens is 5. The number of methoxy groups -OCH3 is 3. The van der Waals surface area contributed by atoms with Gasteiger partial charge in [0, 0.05) is 4.78 Å². The van der Waals surface area contributed by atoms with E-state index in [0.29, 0.717) is 15.1 Å². The molecule has 0 bridgehead atoms. The van der Waals surface area contributed by atoms with Crippen molar-refractivity contribution >= 4 is 179 Å². The minimum Gasteiger partial charge on any atom is -0.0622 e. The maximum atomic E-state index is 9.15. The quantitative estimate of drug-likeness (QED) is 0.0739. The first-order chi connectivity index (χ1) is 44.7. The van der Waals surface area contributed by atoms with Crippen LogP contribution >= 0.6 is 103 Å². The zero-order valence-electron chi connectivity index (χ0n) is 50.4. The predicted molar refractivity (Wildman–Crippen MR) is 397 cm³/mol. The topological polar surface area (TPSA) is 129 Å². The van der Waals surface area contributed by atoms with Gasteiger partial charge < -0.3 is 24.3 Å². The molecule has 14 aromatic rings. The first-order valence-electron chi connectivity index (χ1n) is 28.2. The second-order valence-corrected chi connectivity index (χ2v) is 30.7. The molecular weight excluding hydrogens is 1520 g/mol. The number of imidazole rings is 2. The zero-order chi connectivity index (χ0) is 65.1. The van der Waals surface area contributed by atoms with Gasteiger partial charge in [-0.1, -0.05) is 211 Å². The van der Waals surface area contributed by atoms with Crippen molar-refractivity contribution in [2.75, 3.05) is 21.3 Å². The zero-order valence-corrected chi connectivity index (χ0v) is 60.5. The van der Waals surface area contributed by atoms with E-state index >= 15 is 0 Å². The number of thiophene rings is 2. The number of hydrogen-bond donors (Lipinski definition) is 2. The molecule has 6 aromatic heterocycles. The molecule has 22 heteroatoms. The molecule has 470 valence electrons. The largest absolute Gasteiger partial charge is 0.0622 e. The maximum Gasteiger partial charge on any atom is -0.0134 e. The maximum absolute atomic E-state index is 9.15. The summed E-state index contributed by atoms with van der Waals surface area (Å²) in [5.41, 5.74) is 5.74. The SMILES string of the molecule is COc1c(C)c(C)cc2cc(B(O)O)sc12.COc1c(C)cc2cc(-c3cnc4ccc(Cl)nn34)sc2c1OC.Clc1ccc2ncc(I)n2n1.[Cl][Pd][Cl].c1ccc(P(c2ccccc2)c2ccccc2)cc1.c1ccc(P(c2ccccc2)c2ccccc2)cc1. The number of rotatable bonds is 11. The van der Waals surface area contributed by atoms with Crippen molar-refractivity contribution in [3.8, 4) is 27.8 Å². The Labute approximate surface area is 585 Å². The molecule has 8 aromatic carbocycles. The number of fused-ring (bicyclic) bond motifs is 4. The van der Waals surface area contributed by atoms with E-state index in [1.165, 1.54) is 43.2 Å². The average Bonchev–Trinajstić information content (AvgIpc) is 1.64. The third-order valence-electron chi connectivity index (χ3n) is 14.0. The van der Waals surface area contributed by atoms with Crippen molar-refractivity contribution in [1.29, 1.82) is 0 Å². The molecule has 0 aliphatic rings. The average molecular weight is 1580 g/mol. The normalized spacial score (nSPS) is 10.7. The Bertz CT molecular complexity index is 4330. The monoisotopic (exact) mass is 1570 g/mol. The van der Waals surface area contributed by atoms with E-state index in [-0.39, 0.29) is 15.9 Å². The molecule has 0 saturated carbocycles. The van der Waals surface area contributed by atoms with Crippen molar-refractivity contribution in [2.45, 2.75) is 20.8 Å². The van der Waals surface area contributed by atoms with Gasteiger partial charge in [-0.05, 0) is 161 Å². The van der Waals surface area contributed by atoms with E-state index in [1.54, 1.807) is 72.3 Å². The third-order valence-corrected chi connectivity index (χ3v) is 22.4. The number of hydrogen-bond acceptors (Lipinski definition) is 11. The Morgan fingerprint density at radius 1 is 0.467 bits per heavy atom. The van der Waals surface area contributed by atoms with E-state index < -0.39 is 23.0 Å². The summed E-state index contributed by atoms with van der Waals surface area (Å²) >= 11 is 16.7. The molecule has 2 N–H and O–H groups in total. The summed E-state index contributed by atoms with van der Waals surface area (Å²) in [6.07, 6.45) is 3.55. The summed E-state index contributed by atoms with van der Waals surface area (Å²) in [7, 11) is 12.3. The van der Waals surface area contributed by atoms with Crippen LogP contribution in [0.1, 0.15) is 16.7 Å². The van der Waals surface area contributed by atoms with Crippen LogP contribution in [-0.2, 0) is 15.9 Å². The van der Waals surface area contributed by atoms with Gasteiger partial charge in [0.1, 0.15) is 25.5 Å². The minimum absolute atomic E-state index is 0.106. The molecule has 0 amide bonds. The smallest absolute Gasteiger partial charge is 0.0134 e. The van der Waals surface area contributed by atoms with Gasteiger partial charge in [-0.3, -0.25) is 0 Å². The Hall–Kier alpha value is -6.28. The van der Waals surface area contributed by atoms with Crippen LogP contribution in [0.4, 0.5) is 0 Å². The first kappa shape index (κ1) is 70.0. The predicted octanol–water partition coefficient (Wildman–Crippen LogP) is 16.0. The van der Waals surface area contributed by atoms with Crippen LogP contribution < -0.4 is 50.8 Å². The Kier molecular flexibility index (Phi) is 26.5. The van der Waals surface area contributed by atoms with Crippen LogP contribution in [0.2, 0.25) is 10.3 Å². The molecular formula is C70H60BCl4IN6O5P2PdS2. The van der Waals surface area contributed by atoms with Crippen LogP contribution in [0.15, 0.2) is 243 Å². The first-order valence-corrected chi connectivity index (χ1v) is 38.4. The molecule has 0 saturated heterocycles. The van der Waals surface area contributed by atoms with Crippen LogP contribution in [0, 0.1) is 24.5 Å². The van der Waals surface area contributed by atoms with Crippen LogP contribution in [0.3, 0.4) is 0 Å². The fourth-order valence-corrected chi connectivity index (χ4v) is 17.4. The second kappa shape index (κ2) is 34.7. The van der Waals surface area contributed by atoms with Gasteiger partial charge in [0.25, 0.3) is 0 Å². The van der Waals surface area contributed by atoms with Crippen molar-refractivity contribution < 1.29 is 40.2 Å². The summed E-state index contributed by atoms with van der Waals surface area (Å²) in [5, 5.41) is 38.1. The third kappa shape index (κ3) is 17.7. The van der Waals surface area contributed by atoms with E-state index in [2.05, 4.69) is 237 Å². The number of nitrogens with zero attached hydrogens (tertiary/aromatic N) is 6. The number of benzene rings is 8. The number of ether oxygens (including phenoxy) is 3. The molecule has 0 fully saturated rings. The molecule has 0 aliphatic carbocycles. The summed E-state index contributed by atoms with van der Waals surface area (Å²) in [4.78, 5) is 9.53. The van der Waals surface area contributed by atoms with Crippen molar-refractivity contribution in [3.63, 3.8) is 0 Å². The van der Waals surface area contributed by atoms with Gasteiger partial charge in [0.15, 0.2) is 22.8 Å². The molecule has 14 rings (SSSR count). The van der Waals surface area contributed by atoms with Gasteiger partial charge >= 0.3 is 42.1 Å². The van der Waals surface area contributed by atoms with Gasteiger partial charge in [-0.15, -0.1) is 22.7 Å². The Morgan fingerprint density at radius 2 is 0.837 bits per heavy atom. The van der Waals surface area contributed by atoms with Crippen LogP contribution in [-0.4, -0.2) is 67.7 Å². The summed E-state index contributed by atoms with van der Waals surface area (Å²) in [6.45, 7) is 6.03. The number of aromatic nitrogens is 6. The van der Waals surface area contributed by atoms with Gasteiger partial charge in [-0.2, -0.15) is 10.2 Å². The van der Waals surface area contributed by atoms with E-state index in [1.807, 2.05) is 39.0 Å². The summed E-state index contributed by atoms with van der Waals surface area (Å²) < 4.78 is 23.4.